The molecule has 0 amide bonds. The first-order chi connectivity index (χ1) is 12.1. The summed E-state index contributed by atoms with van der Waals surface area (Å²) < 4.78 is 0. The van der Waals surface area contributed by atoms with Crippen molar-refractivity contribution in [3.63, 3.8) is 0 Å². The van der Waals surface area contributed by atoms with E-state index in [0.29, 0.717) is 12.1 Å². The zero-order valence-corrected chi connectivity index (χ0v) is 15.7. The summed E-state index contributed by atoms with van der Waals surface area (Å²) >= 11 is 0. The number of anilines is 2. The van der Waals surface area contributed by atoms with Crippen LogP contribution < -0.4 is 15.1 Å². The highest BCUT2D eigenvalue weighted by Gasteiger charge is 2.20. The van der Waals surface area contributed by atoms with Crippen molar-refractivity contribution in [3.8, 4) is 0 Å². The van der Waals surface area contributed by atoms with Crippen LogP contribution in [0.5, 0.6) is 0 Å². The van der Waals surface area contributed by atoms with E-state index in [0.717, 1.165) is 19.5 Å². The van der Waals surface area contributed by atoms with Crippen molar-refractivity contribution in [2.75, 3.05) is 37.0 Å². The monoisotopic (exact) mass is 338 g/mol. The number of pyridine rings is 1. The molecule has 1 saturated heterocycles. The second kappa shape index (κ2) is 8.34. The number of hydrogen-bond acceptors (Lipinski definition) is 4. The fraction of sp³-hybridized carbons (Fsp3) is 0.476. The SMILES string of the molecule is CC(Cc1ccccn1)NC1CCN(c2ccc(N(C)C)cc2)CC1. The molecule has 1 N–H and O–H groups in total. The predicted octanol–water partition coefficient (Wildman–Crippen LogP) is 3.34. The van der Waals surface area contributed by atoms with Crippen molar-refractivity contribution in [3.05, 3.63) is 54.4 Å². The average molecular weight is 338 g/mol. The molecular weight excluding hydrogens is 308 g/mol. The molecule has 4 nitrogen and oxygen atoms in total. The van der Waals surface area contributed by atoms with Gasteiger partial charge in [-0.3, -0.25) is 4.98 Å². The first kappa shape index (κ1) is 17.7. The quantitative estimate of drug-likeness (QED) is 0.875. The van der Waals surface area contributed by atoms with Gasteiger partial charge in [0.2, 0.25) is 0 Å². The molecule has 2 aromatic rings. The van der Waals surface area contributed by atoms with Gasteiger partial charge in [-0.15, -0.1) is 0 Å². The average Bonchev–Trinajstić information content (AvgIpc) is 2.63. The van der Waals surface area contributed by atoms with Crippen LogP contribution in [0, 0.1) is 0 Å². The first-order valence-electron chi connectivity index (χ1n) is 9.30. The Hall–Kier alpha value is -2.07. The van der Waals surface area contributed by atoms with Crippen LogP contribution in [-0.4, -0.2) is 44.3 Å². The van der Waals surface area contributed by atoms with Gasteiger partial charge >= 0.3 is 0 Å². The van der Waals surface area contributed by atoms with Gasteiger partial charge in [0.1, 0.15) is 0 Å². The highest BCUT2D eigenvalue weighted by molar-refractivity contribution is 5.56. The van der Waals surface area contributed by atoms with Crippen molar-refractivity contribution in [1.29, 1.82) is 0 Å². The number of benzene rings is 1. The van der Waals surface area contributed by atoms with E-state index in [4.69, 9.17) is 0 Å². The van der Waals surface area contributed by atoms with Crippen molar-refractivity contribution in [1.82, 2.24) is 10.3 Å². The van der Waals surface area contributed by atoms with Crippen LogP contribution in [0.3, 0.4) is 0 Å². The maximum absolute atomic E-state index is 4.43. The van der Waals surface area contributed by atoms with Crippen molar-refractivity contribution < 1.29 is 0 Å². The summed E-state index contributed by atoms with van der Waals surface area (Å²) in [6.45, 7) is 4.51. The Labute approximate surface area is 151 Å². The van der Waals surface area contributed by atoms with Crippen LogP contribution in [0.15, 0.2) is 48.7 Å². The maximum atomic E-state index is 4.43. The van der Waals surface area contributed by atoms with Crippen LogP contribution in [0.25, 0.3) is 0 Å². The Bertz CT molecular complexity index is 631. The molecule has 1 aliphatic heterocycles. The largest absolute Gasteiger partial charge is 0.378 e. The van der Waals surface area contributed by atoms with Gasteiger partial charge < -0.3 is 15.1 Å². The minimum atomic E-state index is 0.464. The minimum Gasteiger partial charge on any atom is -0.378 e. The van der Waals surface area contributed by atoms with Crippen LogP contribution in [0.4, 0.5) is 11.4 Å². The van der Waals surface area contributed by atoms with E-state index in [9.17, 15) is 0 Å². The zero-order valence-electron chi connectivity index (χ0n) is 15.7. The van der Waals surface area contributed by atoms with Crippen LogP contribution in [0.1, 0.15) is 25.5 Å². The zero-order chi connectivity index (χ0) is 17.6. The summed E-state index contributed by atoms with van der Waals surface area (Å²) in [5.74, 6) is 0. The molecular formula is C21H30N4. The van der Waals surface area contributed by atoms with Gasteiger partial charge in [-0.05, 0) is 56.2 Å². The molecule has 134 valence electrons. The van der Waals surface area contributed by atoms with E-state index in [1.165, 1.54) is 29.9 Å². The standard InChI is InChI=1S/C21H30N4/c1-17(16-19-6-4-5-13-22-19)23-18-11-14-25(15-12-18)21-9-7-20(8-10-21)24(2)3/h4-10,13,17-18,23H,11-12,14-16H2,1-3H3. The summed E-state index contributed by atoms with van der Waals surface area (Å²) in [5, 5.41) is 3.79. The van der Waals surface area contributed by atoms with Gasteiger partial charge in [0.05, 0.1) is 0 Å². The van der Waals surface area contributed by atoms with E-state index in [-0.39, 0.29) is 0 Å². The van der Waals surface area contributed by atoms with Crippen LogP contribution in [0.2, 0.25) is 0 Å². The van der Waals surface area contributed by atoms with Crippen LogP contribution in [-0.2, 0) is 6.42 Å². The van der Waals surface area contributed by atoms with Crippen molar-refractivity contribution in [2.45, 2.75) is 38.3 Å². The number of hydrogen-bond donors (Lipinski definition) is 1. The topological polar surface area (TPSA) is 31.4 Å². The lowest BCUT2D eigenvalue weighted by Crippen LogP contribution is -2.46. The number of rotatable bonds is 6. The molecule has 1 aromatic heterocycles. The summed E-state index contributed by atoms with van der Waals surface area (Å²) in [5.41, 5.74) is 3.76. The number of aromatic nitrogens is 1. The lowest BCUT2D eigenvalue weighted by atomic mass is 10.0. The third kappa shape index (κ3) is 4.95. The molecule has 1 atom stereocenters. The summed E-state index contributed by atoms with van der Waals surface area (Å²) in [6, 6.07) is 16.1. The lowest BCUT2D eigenvalue weighted by molar-refractivity contribution is 0.374. The molecule has 25 heavy (non-hydrogen) atoms. The Kier molecular flexibility index (Phi) is 5.92. The second-order valence-corrected chi connectivity index (χ2v) is 7.27. The number of nitrogens with one attached hydrogen (secondary N) is 1. The van der Waals surface area contributed by atoms with Gasteiger partial charge in [0.15, 0.2) is 0 Å². The molecule has 1 fully saturated rings. The molecule has 2 heterocycles. The van der Waals surface area contributed by atoms with Crippen LogP contribution >= 0.6 is 0 Å². The number of nitrogens with zero attached hydrogens (tertiary/aromatic N) is 3. The Morgan fingerprint density at radius 2 is 1.84 bits per heavy atom. The third-order valence-electron chi connectivity index (χ3n) is 4.99. The van der Waals surface area contributed by atoms with E-state index >= 15 is 0 Å². The molecule has 4 heteroatoms. The number of piperidine rings is 1. The van der Waals surface area contributed by atoms with E-state index in [1.807, 2.05) is 12.3 Å². The summed E-state index contributed by atoms with van der Waals surface area (Å²) in [7, 11) is 4.16. The summed E-state index contributed by atoms with van der Waals surface area (Å²) in [6.07, 6.45) is 5.26. The molecule has 0 radical (unpaired) electrons. The minimum absolute atomic E-state index is 0.464. The van der Waals surface area contributed by atoms with E-state index in [2.05, 4.69) is 77.5 Å². The predicted molar refractivity (Wildman–Crippen MR) is 107 cm³/mol. The van der Waals surface area contributed by atoms with Gasteiger partial charge in [0.25, 0.3) is 0 Å². The smallest absolute Gasteiger partial charge is 0.0419 e. The fourth-order valence-electron chi connectivity index (χ4n) is 3.56. The molecule has 0 saturated carbocycles. The Morgan fingerprint density at radius 1 is 1.12 bits per heavy atom. The van der Waals surface area contributed by atoms with Crippen molar-refractivity contribution in [2.24, 2.45) is 0 Å². The molecule has 0 aliphatic carbocycles. The highest BCUT2D eigenvalue weighted by Crippen LogP contribution is 2.23. The van der Waals surface area contributed by atoms with Gasteiger partial charge in [0, 0.05) is 69.0 Å². The summed E-state index contributed by atoms with van der Waals surface area (Å²) in [4.78, 5) is 9.07. The van der Waals surface area contributed by atoms with Gasteiger partial charge in [-0.25, -0.2) is 0 Å². The fourth-order valence-corrected chi connectivity index (χ4v) is 3.56. The molecule has 1 unspecified atom stereocenters. The Balaban J connectivity index is 1.46. The second-order valence-electron chi connectivity index (χ2n) is 7.27. The van der Waals surface area contributed by atoms with Gasteiger partial charge in [-0.2, -0.15) is 0 Å². The molecule has 0 spiro atoms. The lowest BCUT2D eigenvalue weighted by Gasteiger charge is -2.35. The maximum Gasteiger partial charge on any atom is 0.0419 e. The highest BCUT2D eigenvalue weighted by atomic mass is 15.2. The van der Waals surface area contributed by atoms with E-state index in [1.54, 1.807) is 0 Å². The molecule has 1 aromatic carbocycles. The third-order valence-corrected chi connectivity index (χ3v) is 4.99. The molecule has 0 bridgehead atoms. The first-order valence-corrected chi connectivity index (χ1v) is 9.30. The van der Waals surface area contributed by atoms with Gasteiger partial charge in [-0.1, -0.05) is 6.07 Å². The molecule has 1 aliphatic rings. The molecule has 3 rings (SSSR count). The van der Waals surface area contributed by atoms with E-state index < -0.39 is 0 Å². The normalized spacial score (nSPS) is 16.7. The Morgan fingerprint density at radius 3 is 2.44 bits per heavy atom. The van der Waals surface area contributed by atoms with Crippen molar-refractivity contribution >= 4 is 11.4 Å².